The van der Waals surface area contributed by atoms with Crippen molar-refractivity contribution >= 4 is 43.2 Å². The molecular formula is C21H24N4O4S2. The van der Waals surface area contributed by atoms with Gasteiger partial charge in [0.25, 0.3) is 5.91 Å². The van der Waals surface area contributed by atoms with E-state index in [1.165, 1.54) is 43.0 Å². The number of aromatic nitrogens is 2. The number of amides is 1. The number of rotatable bonds is 6. The van der Waals surface area contributed by atoms with Crippen molar-refractivity contribution in [1.29, 1.82) is 0 Å². The smallest absolute Gasteiger partial charge is 0.262 e. The molecule has 10 heteroatoms. The molecule has 1 amide bonds. The van der Waals surface area contributed by atoms with E-state index in [1.807, 2.05) is 0 Å². The van der Waals surface area contributed by atoms with Crippen LogP contribution in [-0.2, 0) is 27.7 Å². The molecule has 1 aliphatic carbocycles. The van der Waals surface area contributed by atoms with E-state index in [4.69, 9.17) is 4.74 Å². The summed E-state index contributed by atoms with van der Waals surface area (Å²) in [5, 5.41) is 3.63. The van der Waals surface area contributed by atoms with E-state index in [0.29, 0.717) is 17.5 Å². The molecule has 1 atom stereocenters. The first-order valence-electron chi connectivity index (χ1n) is 9.96. The van der Waals surface area contributed by atoms with Crippen LogP contribution in [0.5, 0.6) is 5.88 Å². The van der Waals surface area contributed by atoms with Crippen LogP contribution < -0.4 is 10.1 Å². The van der Waals surface area contributed by atoms with E-state index in [1.54, 1.807) is 23.5 Å². The van der Waals surface area contributed by atoms with Gasteiger partial charge in [-0.05, 0) is 55.0 Å². The van der Waals surface area contributed by atoms with Crippen molar-refractivity contribution in [3.8, 4) is 5.88 Å². The first-order valence-corrected chi connectivity index (χ1v) is 12.2. The predicted molar refractivity (Wildman–Crippen MR) is 120 cm³/mol. The number of thiophene rings is 1. The summed E-state index contributed by atoms with van der Waals surface area (Å²) in [6, 6.07) is 6.01. The van der Waals surface area contributed by atoms with Crippen molar-refractivity contribution in [2.24, 2.45) is 5.92 Å². The van der Waals surface area contributed by atoms with E-state index in [-0.39, 0.29) is 17.4 Å². The normalized spacial score (nSPS) is 16.3. The summed E-state index contributed by atoms with van der Waals surface area (Å²) in [4.78, 5) is 23.4. The number of hydrogen-bond acceptors (Lipinski definition) is 7. The summed E-state index contributed by atoms with van der Waals surface area (Å²) >= 11 is 1.68. The average molecular weight is 461 g/mol. The molecule has 2 heterocycles. The van der Waals surface area contributed by atoms with E-state index >= 15 is 0 Å². The number of nitrogens with one attached hydrogen (secondary N) is 1. The van der Waals surface area contributed by atoms with E-state index < -0.39 is 10.0 Å². The molecule has 0 bridgehead atoms. The maximum Gasteiger partial charge on any atom is 0.262 e. The van der Waals surface area contributed by atoms with Gasteiger partial charge in [-0.25, -0.2) is 22.7 Å². The summed E-state index contributed by atoms with van der Waals surface area (Å²) in [5.41, 5.74) is 1.73. The highest BCUT2D eigenvalue weighted by molar-refractivity contribution is 7.89. The highest BCUT2D eigenvalue weighted by Crippen LogP contribution is 2.40. The van der Waals surface area contributed by atoms with Crippen LogP contribution in [0.1, 0.15) is 23.8 Å². The Morgan fingerprint density at radius 1 is 1.26 bits per heavy atom. The number of aryl methyl sites for hydroxylation is 1. The van der Waals surface area contributed by atoms with Gasteiger partial charge in [-0.15, -0.1) is 11.3 Å². The molecule has 1 unspecified atom stereocenters. The number of benzene rings is 1. The first-order chi connectivity index (χ1) is 14.8. The number of ether oxygens (including phenoxy) is 1. The van der Waals surface area contributed by atoms with Gasteiger partial charge in [0.15, 0.2) is 6.61 Å². The molecule has 31 heavy (non-hydrogen) atoms. The average Bonchev–Trinajstić information content (AvgIpc) is 3.10. The zero-order valence-corrected chi connectivity index (χ0v) is 19.2. The van der Waals surface area contributed by atoms with E-state index in [2.05, 4.69) is 22.2 Å². The van der Waals surface area contributed by atoms with E-state index in [0.717, 1.165) is 33.8 Å². The minimum absolute atomic E-state index is 0.159. The molecule has 1 aliphatic rings. The van der Waals surface area contributed by atoms with Gasteiger partial charge in [-0.1, -0.05) is 6.92 Å². The lowest BCUT2D eigenvalue weighted by molar-refractivity contribution is -0.118. The Labute approximate surface area is 185 Å². The summed E-state index contributed by atoms with van der Waals surface area (Å²) in [6.07, 6.45) is 4.59. The third kappa shape index (κ3) is 4.41. The Hall–Kier alpha value is -2.56. The number of hydrogen-bond donors (Lipinski definition) is 1. The molecule has 3 aromatic rings. The molecule has 164 valence electrons. The molecule has 2 aromatic heterocycles. The predicted octanol–water partition coefficient (Wildman–Crippen LogP) is 3.08. The molecule has 4 rings (SSSR count). The monoisotopic (exact) mass is 460 g/mol. The molecule has 0 radical (unpaired) electrons. The summed E-state index contributed by atoms with van der Waals surface area (Å²) in [7, 11) is -0.572. The number of anilines is 1. The third-order valence-corrected chi connectivity index (χ3v) is 8.31. The van der Waals surface area contributed by atoms with Gasteiger partial charge < -0.3 is 10.1 Å². The molecule has 0 spiro atoms. The number of sulfonamides is 1. The van der Waals surface area contributed by atoms with Crippen LogP contribution >= 0.6 is 11.3 Å². The van der Waals surface area contributed by atoms with E-state index in [9.17, 15) is 13.2 Å². The van der Waals surface area contributed by atoms with Crippen molar-refractivity contribution in [2.75, 3.05) is 26.0 Å². The summed E-state index contributed by atoms with van der Waals surface area (Å²) in [6.45, 7) is 2.05. The Morgan fingerprint density at radius 3 is 2.71 bits per heavy atom. The Bertz CT molecular complexity index is 1220. The lowest BCUT2D eigenvalue weighted by Gasteiger charge is -2.18. The first kappa shape index (κ1) is 21.7. The Kier molecular flexibility index (Phi) is 5.96. The fourth-order valence-corrected chi connectivity index (χ4v) is 5.85. The molecular weight excluding hydrogens is 436 g/mol. The maximum atomic E-state index is 12.4. The summed E-state index contributed by atoms with van der Waals surface area (Å²) < 4.78 is 31.2. The van der Waals surface area contributed by atoms with Crippen molar-refractivity contribution < 1.29 is 17.9 Å². The molecule has 0 fully saturated rings. The van der Waals surface area contributed by atoms with Crippen LogP contribution in [0.25, 0.3) is 10.2 Å². The van der Waals surface area contributed by atoms with Crippen molar-refractivity contribution in [3.05, 3.63) is 41.0 Å². The molecule has 0 saturated carbocycles. The van der Waals surface area contributed by atoms with Gasteiger partial charge in [-0.3, -0.25) is 4.79 Å². The van der Waals surface area contributed by atoms with Gasteiger partial charge in [0.05, 0.1) is 10.3 Å². The quantitative estimate of drug-likeness (QED) is 0.607. The molecule has 0 saturated heterocycles. The van der Waals surface area contributed by atoms with Gasteiger partial charge >= 0.3 is 0 Å². The second-order valence-corrected chi connectivity index (χ2v) is 11.1. The molecule has 8 nitrogen and oxygen atoms in total. The molecule has 1 N–H and O–H groups in total. The fraction of sp³-hybridized carbons (Fsp3) is 0.381. The van der Waals surface area contributed by atoms with Gasteiger partial charge in [-0.2, -0.15) is 0 Å². The summed E-state index contributed by atoms with van der Waals surface area (Å²) in [5.74, 6) is 0.732. The topological polar surface area (TPSA) is 101 Å². The van der Waals surface area contributed by atoms with Crippen LogP contribution in [0.4, 0.5) is 5.69 Å². The second-order valence-electron chi connectivity index (χ2n) is 7.86. The minimum Gasteiger partial charge on any atom is -0.467 e. The van der Waals surface area contributed by atoms with Gasteiger partial charge in [0.1, 0.15) is 11.2 Å². The fourth-order valence-electron chi connectivity index (χ4n) is 3.61. The van der Waals surface area contributed by atoms with Crippen LogP contribution in [0.2, 0.25) is 0 Å². The number of carbonyl (C=O) groups is 1. The lowest BCUT2D eigenvalue weighted by Crippen LogP contribution is -2.22. The number of carbonyl (C=O) groups excluding carboxylic acids is 1. The van der Waals surface area contributed by atoms with Crippen LogP contribution in [0, 0.1) is 5.92 Å². The second kappa shape index (κ2) is 8.52. The Balaban J connectivity index is 1.44. The zero-order chi connectivity index (χ0) is 22.2. The standard InChI is InChI=1S/C21H24N4O4S2/c1-13-4-9-16-17(10-13)30-21-19(16)20(22-12-23-21)29-11-18(26)24-14-5-7-15(8-6-14)31(27,28)25(2)3/h5-8,12-13H,4,9-11H2,1-3H3,(H,24,26). The number of fused-ring (bicyclic) bond motifs is 3. The third-order valence-electron chi connectivity index (χ3n) is 5.31. The SMILES string of the molecule is CC1CCc2c(sc3ncnc(OCC(=O)Nc4ccc(S(=O)(=O)N(C)C)cc4)c23)C1. The molecule has 1 aromatic carbocycles. The lowest BCUT2D eigenvalue weighted by atomic mass is 9.89. The molecule has 0 aliphatic heterocycles. The van der Waals surface area contributed by atoms with Crippen molar-refractivity contribution in [3.63, 3.8) is 0 Å². The van der Waals surface area contributed by atoms with Crippen LogP contribution in [-0.4, -0.2) is 49.3 Å². The zero-order valence-electron chi connectivity index (χ0n) is 17.6. The van der Waals surface area contributed by atoms with Gasteiger partial charge in [0.2, 0.25) is 15.9 Å². The number of nitrogens with zero attached hydrogens (tertiary/aromatic N) is 3. The largest absolute Gasteiger partial charge is 0.467 e. The highest BCUT2D eigenvalue weighted by atomic mass is 32.2. The highest BCUT2D eigenvalue weighted by Gasteiger charge is 2.24. The van der Waals surface area contributed by atoms with Crippen molar-refractivity contribution in [2.45, 2.75) is 31.1 Å². The maximum absolute atomic E-state index is 12.4. The van der Waals surface area contributed by atoms with Gasteiger partial charge in [0, 0.05) is 24.7 Å². The Morgan fingerprint density at radius 2 is 2.00 bits per heavy atom. The van der Waals surface area contributed by atoms with Crippen molar-refractivity contribution in [1.82, 2.24) is 14.3 Å². The van der Waals surface area contributed by atoms with Crippen LogP contribution in [0.3, 0.4) is 0 Å². The minimum atomic E-state index is -3.51. The van der Waals surface area contributed by atoms with Crippen LogP contribution in [0.15, 0.2) is 35.5 Å².